The first-order chi connectivity index (χ1) is 9.27. The summed E-state index contributed by atoms with van der Waals surface area (Å²) < 4.78 is 55.9. The van der Waals surface area contributed by atoms with E-state index in [1.807, 2.05) is 0 Å². The molecule has 0 aliphatic rings. The number of hydrogen-bond acceptors (Lipinski definition) is 2. The Morgan fingerprint density at radius 1 is 1.45 bits per heavy atom. The summed E-state index contributed by atoms with van der Waals surface area (Å²) in [4.78, 5) is 11.6. The minimum absolute atomic E-state index is 0.0517. The molecule has 0 radical (unpaired) electrons. The summed E-state index contributed by atoms with van der Waals surface area (Å²) in [5.41, 5.74) is -2.16. The lowest BCUT2D eigenvalue weighted by Crippen LogP contribution is -2.32. The van der Waals surface area contributed by atoms with Crippen molar-refractivity contribution in [2.45, 2.75) is 11.6 Å². The first-order valence-corrected chi connectivity index (χ1v) is 5.98. The number of carbonyl (C=O) groups excluding carboxylic acids is 1. The summed E-state index contributed by atoms with van der Waals surface area (Å²) in [6, 6.07) is 2.51. The summed E-state index contributed by atoms with van der Waals surface area (Å²) in [5.74, 6) is -2.56. The number of methoxy groups -OCH3 is 1. The molecule has 0 aromatic heterocycles. The number of hydrogen-bond donors (Lipinski definition) is 1. The molecule has 1 N–H and O–H groups in total. The summed E-state index contributed by atoms with van der Waals surface area (Å²) in [5, 5.41) is 1.69. The van der Waals surface area contributed by atoms with Crippen LogP contribution in [0.3, 0.4) is 0 Å². The van der Waals surface area contributed by atoms with Gasteiger partial charge in [0.05, 0.1) is 23.1 Å². The van der Waals surface area contributed by atoms with Crippen LogP contribution in [0, 0.1) is 5.82 Å². The fourth-order valence-corrected chi connectivity index (χ4v) is 1.67. The van der Waals surface area contributed by atoms with Crippen LogP contribution in [-0.2, 0) is 10.9 Å². The molecule has 8 heteroatoms. The van der Waals surface area contributed by atoms with Crippen LogP contribution in [0.4, 0.5) is 17.6 Å². The predicted octanol–water partition coefficient (Wildman–Crippen LogP) is 2.83. The van der Waals surface area contributed by atoms with Crippen LogP contribution in [-0.4, -0.2) is 31.5 Å². The number of amides is 1. The van der Waals surface area contributed by atoms with Crippen molar-refractivity contribution in [2.75, 3.05) is 20.3 Å². The van der Waals surface area contributed by atoms with Crippen LogP contribution in [0.5, 0.6) is 0 Å². The molecule has 0 heterocycles. The number of nitrogens with one attached hydrogen (secondary N) is 1. The minimum Gasteiger partial charge on any atom is -0.383 e. The van der Waals surface area contributed by atoms with E-state index < -0.39 is 34.4 Å². The molecular weight excluding hydrogens is 302 g/mol. The molecule has 1 atom stereocenters. The van der Waals surface area contributed by atoms with Gasteiger partial charge in [-0.25, -0.2) is 4.39 Å². The molecule has 3 nitrogen and oxygen atoms in total. The Balaban J connectivity index is 2.84. The van der Waals surface area contributed by atoms with Crippen molar-refractivity contribution in [3.05, 3.63) is 35.1 Å². The molecule has 1 aromatic rings. The van der Waals surface area contributed by atoms with E-state index in [1.54, 1.807) is 0 Å². The Bertz CT molecular complexity index is 479. The van der Waals surface area contributed by atoms with E-state index in [1.165, 1.54) is 7.11 Å². The van der Waals surface area contributed by atoms with Gasteiger partial charge in [0.2, 0.25) is 0 Å². The van der Waals surface area contributed by atoms with Gasteiger partial charge in [0.1, 0.15) is 5.82 Å². The lowest BCUT2D eigenvalue weighted by Gasteiger charge is -2.13. The van der Waals surface area contributed by atoms with Gasteiger partial charge in [-0.3, -0.25) is 4.79 Å². The van der Waals surface area contributed by atoms with E-state index in [0.29, 0.717) is 6.07 Å². The predicted molar refractivity (Wildman–Crippen MR) is 65.3 cm³/mol. The average molecular weight is 314 g/mol. The highest BCUT2D eigenvalue weighted by molar-refractivity contribution is 6.21. The van der Waals surface area contributed by atoms with Crippen molar-refractivity contribution in [3.63, 3.8) is 0 Å². The Kier molecular flexibility index (Phi) is 5.76. The second-order valence-corrected chi connectivity index (χ2v) is 4.54. The quantitative estimate of drug-likeness (QED) is 0.670. The Morgan fingerprint density at radius 2 is 2.10 bits per heavy atom. The maximum Gasteiger partial charge on any atom is 0.419 e. The second-order valence-electron chi connectivity index (χ2n) is 3.93. The summed E-state index contributed by atoms with van der Waals surface area (Å²) >= 11 is 5.74. The van der Waals surface area contributed by atoms with Crippen molar-refractivity contribution in [3.8, 4) is 0 Å². The number of benzene rings is 1. The monoisotopic (exact) mass is 313 g/mol. The fraction of sp³-hybridized carbons (Fsp3) is 0.417. The third kappa shape index (κ3) is 4.35. The van der Waals surface area contributed by atoms with Gasteiger partial charge in [0, 0.05) is 13.7 Å². The molecule has 1 aromatic carbocycles. The van der Waals surface area contributed by atoms with Crippen molar-refractivity contribution < 1.29 is 27.1 Å². The first-order valence-electron chi connectivity index (χ1n) is 5.54. The third-order valence-electron chi connectivity index (χ3n) is 2.38. The lowest BCUT2D eigenvalue weighted by molar-refractivity contribution is -0.140. The van der Waals surface area contributed by atoms with Crippen LogP contribution in [0.25, 0.3) is 0 Å². The molecule has 0 aliphatic heterocycles. The van der Waals surface area contributed by atoms with Crippen LogP contribution in [0.15, 0.2) is 18.2 Å². The molecule has 0 spiro atoms. The number of alkyl halides is 4. The lowest BCUT2D eigenvalue weighted by atomic mass is 10.1. The van der Waals surface area contributed by atoms with Gasteiger partial charge in [0.25, 0.3) is 5.91 Å². The molecule has 0 bridgehead atoms. The molecule has 1 amide bonds. The van der Waals surface area contributed by atoms with Gasteiger partial charge >= 0.3 is 6.18 Å². The number of halogens is 5. The summed E-state index contributed by atoms with van der Waals surface area (Å²) in [6.07, 6.45) is -4.86. The third-order valence-corrected chi connectivity index (χ3v) is 2.66. The highest BCUT2D eigenvalue weighted by Gasteiger charge is 2.35. The SMILES string of the molecule is COCC(Cl)CNC(=O)c1cccc(C(F)(F)F)c1F. The molecule has 20 heavy (non-hydrogen) atoms. The molecule has 1 unspecified atom stereocenters. The highest BCUT2D eigenvalue weighted by atomic mass is 35.5. The van der Waals surface area contributed by atoms with Crippen LogP contribution in [0.1, 0.15) is 15.9 Å². The van der Waals surface area contributed by atoms with Gasteiger partial charge in [-0.05, 0) is 12.1 Å². The Hall–Kier alpha value is -1.34. The number of ether oxygens (including phenoxy) is 1. The van der Waals surface area contributed by atoms with Crippen LogP contribution >= 0.6 is 11.6 Å². The molecular formula is C12H12ClF4NO2. The second kappa shape index (κ2) is 6.90. The van der Waals surface area contributed by atoms with Gasteiger partial charge in [-0.2, -0.15) is 13.2 Å². The van der Waals surface area contributed by atoms with Gasteiger partial charge in [-0.1, -0.05) is 6.07 Å². The molecule has 1 rings (SSSR count). The summed E-state index contributed by atoms with van der Waals surface area (Å²) in [7, 11) is 1.41. The van der Waals surface area contributed by atoms with E-state index in [2.05, 4.69) is 5.32 Å². The maximum absolute atomic E-state index is 13.7. The van der Waals surface area contributed by atoms with Crippen molar-refractivity contribution >= 4 is 17.5 Å². The molecule has 0 saturated carbocycles. The van der Waals surface area contributed by atoms with Gasteiger partial charge in [0.15, 0.2) is 0 Å². The zero-order valence-electron chi connectivity index (χ0n) is 10.4. The molecule has 0 saturated heterocycles. The van der Waals surface area contributed by atoms with Crippen molar-refractivity contribution in [1.82, 2.24) is 5.32 Å². The van der Waals surface area contributed by atoms with Gasteiger partial charge in [-0.15, -0.1) is 11.6 Å². The molecule has 0 fully saturated rings. The van der Waals surface area contributed by atoms with Crippen molar-refractivity contribution in [1.29, 1.82) is 0 Å². The fourth-order valence-electron chi connectivity index (χ4n) is 1.46. The first kappa shape index (κ1) is 16.7. The highest BCUT2D eigenvalue weighted by Crippen LogP contribution is 2.32. The van der Waals surface area contributed by atoms with E-state index in [4.69, 9.17) is 16.3 Å². The molecule has 0 aliphatic carbocycles. The normalized spacial score (nSPS) is 13.1. The maximum atomic E-state index is 13.7. The van der Waals surface area contributed by atoms with Crippen LogP contribution in [0.2, 0.25) is 0 Å². The largest absolute Gasteiger partial charge is 0.419 e. The molecule has 112 valence electrons. The topological polar surface area (TPSA) is 38.3 Å². The van der Waals surface area contributed by atoms with E-state index in [-0.39, 0.29) is 13.2 Å². The van der Waals surface area contributed by atoms with Crippen LogP contribution < -0.4 is 5.32 Å². The number of carbonyl (C=O) groups is 1. The van der Waals surface area contributed by atoms with Crippen molar-refractivity contribution in [2.24, 2.45) is 0 Å². The number of rotatable bonds is 5. The standard InChI is InChI=1S/C12H12ClF4NO2/c1-20-6-7(13)5-18-11(19)8-3-2-4-9(10(8)14)12(15,16)17/h2-4,7H,5-6H2,1H3,(H,18,19). The zero-order valence-corrected chi connectivity index (χ0v) is 11.2. The smallest absolute Gasteiger partial charge is 0.383 e. The summed E-state index contributed by atoms with van der Waals surface area (Å²) in [6.45, 7) is 0.0941. The Labute approximate surface area is 117 Å². The Morgan fingerprint density at radius 3 is 2.65 bits per heavy atom. The van der Waals surface area contributed by atoms with E-state index >= 15 is 0 Å². The zero-order chi connectivity index (χ0) is 15.3. The van der Waals surface area contributed by atoms with E-state index in [9.17, 15) is 22.4 Å². The average Bonchev–Trinajstić information content (AvgIpc) is 2.35. The minimum atomic E-state index is -4.86. The van der Waals surface area contributed by atoms with Gasteiger partial charge < -0.3 is 10.1 Å². The van der Waals surface area contributed by atoms with E-state index in [0.717, 1.165) is 12.1 Å².